The van der Waals surface area contributed by atoms with Gasteiger partial charge >= 0.3 is 0 Å². The van der Waals surface area contributed by atoms with E-state index in [1.165, 1.54) is 16.7 Å². The fourth-order valence-electron chi connectivity index (χ4n) is 2.23. The number of benzene rings is 1. The number of thiol groups is 1. The summed E-state index contributed by atoms with van der Waals surface area (Å²) in [6.07, 6.45) is 3.61. The zero-order chi connectivity index (χ0) is 12.5. The maximum absolute atomic E-state index is 11.7. The minimum atomic E-state index is -0.393. The van der Waals surface area contributed by atoms with Crippen LogP contribution in [-0.4, -0.2) is 17.1 Å². The Morgan fingerprint density at radius 2 is 2.22 bits per heavy atom. The van der Waals surface area contributed by atoms with Gasteiger partial charge in [0.25, 0.3) is 5.91 Å². The molecule has 0 saturated heterocycles. The second-order valence-electron chi connectivity index (χ2n) is 4.42. The van der Waals surface area contributed by atoms with Crippen molar-refractivity contribution in [2.24, 2.45) is 5.10 Å². The largest absolute Gasteiger partial charge is 0.321 e. The van der Waals surface area contributed by atoms with Crippen LogP contribution in [0.4, 0.5) is 0 Å². The molecule has 18 heavy (non-hydrogen) atoms. The van der Waals surface area contributed by atoms with Crippen LogP contribution in [0.5, 0.6) is 0 Å². The second-order valence-corrected chi connectivity index (χ2v) is 4.93. The zero-order valence-corrected chi connectivity index (χ0v) is 10.6. The molecule has 1 heterocycles. The molecule has 1 atom stereocenters. The number of amides is 1. The van der Waals surface area contributed by atoms with Gasteiger partial charge in [-0.3, -0.25) is 10.2 Å². The monoisotopic (exact) mass is 259 g/mol. The van der Waals surface area contributed by atoms with Crippen molar-refractivity contribution in [1.29, 1.82) is 0 Å². The van der Waals surface area contributed by atoms with E-state index in [4.69, 9.17) is 0 Å². The highest BCUT2D eigenvalue weighted by molar-refractivity contribution is 7.80. The predicted octanol–water partition coefficient (Wildman–Crippen LogP) is 1.30. The topological polar surface area (TPSA) is 53.5 Å². The van der Waals surface area contributed by atoms with Crippen LogP contribution in [0.2, 0.25) is 0 Å². The van der Waals surface area contributed by atoms with Gasteiger partial charge in [0.15, 0.2) is 5.50 Å². The van der Waals surface area contributed by atoms with Crippen LogP contribution in [0.3, 0.4) is 0 Å². The first kappa shape index (κ1) is 11.3. The number of nitrogens with one attached hydrogen (secondary N) is 2. The number of allylic oxidation sites excluding steroid dienone is 1. The first-order valence-corrected chi connectivity index (χ1v) is 6.32. The molecule has 1 aromatic carbocycles. The van der Waals surface area contributed by atoms with Gasteiger partial charge in [0.1, 0.15) is 5.71 Å². The van der Waals surface area contributed by atoms with Gasteiger partial charge < -0.3 is 5.32 Å². The second kappa shape index (κ2) is 4.49. The van der Waals surface area contributed by atoms with Crippen molar-refractivity contribution in [2.75, 3.05) is 0 Å². The van der Waals surface area contributed by atoms with E-state index < -0.39 is 5.50 Å². The van der Waals surface area contributed by atoms with Gasteiger partial charge in [0.05, 0.1) is 0 Å². The number of hydrogen-bond acceptors (Lipinski definition) is 4. The normalized spacial score (nSPS) is 21.6. The Kier molecular flexibility index (Phi) is 2.83. The van der Waals surface area contributed by atoms with Crippen LogP contribution in [0.15, 0.2) is 34.9 Å². The number of carbonyl (C=O) groups excluding carboxylic acids is 1. The fraction of sp³-hybridized carbons (Fsp3) is 0.231. The van der Waals surface area contributed by atoms with Gasteiger partial charge in [0.2, 0.25) is 0 Å². The van der Waals surface area contributed by atoms with Crippen molar-refractivity contribution < 1.29 is 4.79 Å². The SMILES string of the molecule is O=C1NC(S)NN=C1CC1=Cc2ccccc2C1. The van der Waals surface area contributed by atoms with Gasteiger partial charge in [0, 0.05) is 6.42 Å². The van der Waals surface area contributed by atoms with Gasteiger partial charge in [-0.15, -0.1) is 12.6 Å². The Bertz CT molecular complexity index is 565. The molecular weight excluding hydrogens is 246 g/mol. The third kappa shape index (κ3) is 2.13. The molecule has 4 nitrogen and oxygen atoms in total. The third-order valence-corrected chi connectivity index (χ3v) is 3.32. The molecule has 0 aromatic heterocycles. The van der Waals surface area contributed by atoms with Crippen molar-refractivity contribution in [1.82, 2.24) is 10.7 Å². The lowest BCUT2D eigenvalue weighted by Crippen LogP contribution is -2.48. The van der Waals surface area contributed by atoms with E-state index in [9.17, 15) is 4.79 Å². The van der Waals surface area contributed by atoms with Crippen LogP contribution in [0.25, 0.3) is 6.08 Å². The molecule has 1 aliphatic heterocycles. The Balaban J connectivity index is 1.75. The summed E-state index contributed by atoms with van der Waals surface area (Å²) in [5.41, 5.74) is 6.63. The van der Waals surface area contributed by atoms with E-state index in [-0.39, 0.29) is 5.91 Å². The standard InChI is InChI=1S/C13H13N3OS/c17-12-11(15-16-13(18)14-12)7-8-5-9-3-1-2-4-10(9)6-8/h1-5,13,16,18H,6-7H2,(H,14,17). The van der Waals surface area contributed by atoms with Gasteiger partial charge in [-0.2, -0.15) is 5.10 Å². The highest BCUT2D eigenvalue weighted by atomic mass is 32.1. The average Bonchev–Trinajstić information content (AvgIpc) is 2.75. The summed E-state index contributed by atoms with van der Waals surface area (Å²) in [5, 5.41) is 6.74. The third-order valence-electron chi connectivity index (χ3n) is 3.08. The molecule has 1 unspecified atom stereocenters. The summed E-state index contributed by atoms with van der Waals surface area (Å²) in [4.78, 5) is 11.7. The highest BCUT2D eigenvalue weighted by Crippen LogP contribution is 2.26. The lowest BCUT2D eigenvalue weighted by atomic mass is 10.1. The Hall–Kier alpha value is -1.75. The summed E-state index contributed by atoms with van der Waals surface area (Å²) >= 11 is 4.09. The molecule has 3 rings (SSSR count). The van der Waals surface area contributed by atoms with Crippen LogP contribution >= 0.6 is 12.6 Å². The lowest BCUT2D eigenvalue weighted by molar-refractivity contribution is -0.115. The van der Waals surface area contributed by atoms with E-state index in [2.05, 4.69) is 46.7 Å². The summed E-state index contributed by atoms with van der Waals surface area (Å²) in [7, 11) is 0. The molecule has 0 radical (unpaired) electrons. The van der Waals surface area contributed by atoms with Gasteiger partial charge in [-0.25, -0.2) is 0 Å². The molecule has 1 amide bonds. The molecule has 1 aliphatic carbocycles. The molecule has 2 N–H and O–H groups in total. The smallest absolute Gasteiger partial charge is 0.270 e. The molecule has 2 aliphatic rings. The maximum Gasteiger partial charge on any atom is 0.270 e. The molecule has 0 spiro atoms. The number of nitrogens with zero attached hydrogens (tertiary/aromatic N) is 1. The van der Waals surface area contributed by atoms with Crippen molar-refractivity contribution in [2.45, 2.75) is 18.3 Å². The molecule has 0 bridgehead atoms. The molecular formula is C13H13N3OS. The van der Waals surface area contributed by atoms with Crippen LogP contribution < -0.4 is 10.7 Å². The number of hydrogen-bond donors (Lipinski definition) is 3. The minimum Gasteiger partial charge on any atom is -0.321 e. The van der Waals surface area contributed by atoms with Crippen molar-refractivity contribution >= 4 is 30.3 Å². The summed E-state index contributed by atoms with van der Waals surface area (Å²) in [6.45, 7) is 0. The van der Waals surface area contributed by atoms with E-state index >= 15 is 0 Å². The molecule has 0 fully saturated rings. The van der Waals surface area contributed by atoms with E-state index in [0.29, 0.717) is 12.1 Å². The average molecular weight is 259 g/mol. The maximum atomic E-state index is 11.7. The van der Waals surface area contributed by atoms with Crippen LogP contribution in [-0.2, 0) is 11.2 Å². The van der Waals surface area contributed by atoms with Crippen molar-refractivity contribution in [3.05, 3.63) is 41.0 Å². The van der Waals surface area contributed by atoms with E-state index in [1.54, 1.807) is 0 Å². The van der Waals surface area contributed by atoms with Crippen molar-refractivity contribution in [3.8, 4) is 0 Å². The number of carbonyl (C=O) groups is 1. The summed E-state index contributed by atoms with van der Waals surface area (Å²) in [5.74, 6) is -0.148. The summed E-state index contributed by atoms with van der Waals surface area (Å²) < 4.78 is 0. The van der Waals surface area contributed by atoms with Gasteiger partial charge in [-0.05, 0) is 17.5 Å². The fourth-order valence-corrected chi connectivity index (χ4v) is 2.40. The zero-order valence-electron chi connectivity index (χ0n) is 9.68. The molecule has 1 aromatic rings. The predicted molar refractivity (Wildman–Crippen MR) is 74.2 cm³/mol. The van der Waals surface area contributed by atoms with E-state index in [1.807, 2.05) is 12.1 Å². The molecule has 92 valence electrons. The first-order chi connectivity index (χ1) is 8.72. The lowest BCUT2D eigenvalue weighted by Gasteiger charge is -2.19. The van der Waals surface area contributed by atoms with Crippen molar-refractivity contribution in [3.63, 3.8) is 0 Å². The van der Waals surface area contributed by atoms with Crippen LogP contribution in [0, 0.1) is 0 Å². The quantitative estimate of drug-likeness (QED) is 0.701. The number of hydrazone groups is 1. The van der Waals surface area contributed by atoms with Gasteiger partial charge in [-0.1, -0.05) is 35.9 Å². The Morgan fingerprint density at radius 3 is 3.00 bits per heavy atom. The molecule has 5 heteroatoms. The Morgan fingerprint density at radius 1 is 1.39 bits per heavy atom. The van der Waals surface area contributed by atoms with E-state index in [0.717, 1.165) is 6.42 Å². The van der Waals surface area contributed by atoms with Crippen LogP contribution in [0.1, 0.15) is 17.5 Å². The first-order valence-electron chi connectivity index (χ1n) is 5.81. The minimum absolute atomic E-state index is 0.148. The highest BCUT2D eigenvalue weighted by Gasteiger charge is 2.22. The number of rotatable bonds is 2. The molecule has 0 saturated carbocycles. The summed E-state index contributed by atoms with van der Waals surface area (Å²) in [6, 6.07) is 8.26. The Labute approximate surface area is 111 Å². The number of fused-ring (bicyclic) bond motifs is 1.